The number of ether oxygens (including phenoxy) is 1. The maximum absolute atomic E-state index is 13.0. The van der Waals surface area contributed by atoms with Gasteiger partial charge in [-0.1, -0.05) is 23.9 Å². The van der Waals surface area contributed by atoms with Crippen molar-refractivity contribution in [1.82, 2.24) is 9.55 Å². The Kier molecular flexibility index (Phi) is 5.19. The second-order valence-electron chi connectivity index (χ2n) is 7.60. The molecule has 0 atom stereocenters. The number of hydrogen-bond donors (Lipinski definition) is 0. The van der Waals surface area contributed by atoms with Crippen molar-refractivity contribution >= 4 is 40.2 Å². The Morgan fingerprint density at radius 1 is 1.09 bits per heavy atom. The number of aromatic nitrogens is 2. The van der Waals surface area contributed by atoms with Gasteiger partial charge in [-0.05, 0) is 60.2 Å². The van der Waals surface area contributed by atoms with E-state index < -0.39 is 0 Å². The van der Waals surface area contributed by atoms with E-state index in [1.54, 1.807) is 25.1 Å². The molecule has 0 aliphatic carbocycles. The second kappa shape index (κ2) is 8.16. The summed E-state index contributed by atoms with van der Waals surface area (Å²) in [5.74, 6) is 1.09. The van der Waals surface area contributed by atoms with E-state index >= 15 is 0 Å². The zero-order valence-electron chi connectivity index (χ0n) is 17.7. The normalized spacial score (nSPS) is 12.9. The van der Waals surface area contributed by atoms with Crippen molar-refractivity contribution in [2.75, 3.05) is 24.8 Å². The second-order valence-corrected chi connectivity index (χ2v) is 8.54. The molecule has 5 rings (SSSR count). The van der Waals surface area contributed by atoms with Gasteiger partial charge in [0.15, 0.2) is 10.9 Å². The van der Waals surface area contributed by atoms with Gasteiger partial charge in [0.25, 0.3) is 0 Å². The van der Waals surface area contributed by atoms with Crippen LogP contribution in [-0.2, 0) is 11.2 Å². The fourth-order valence-corrected chi connectivity index (χ4v) is 4.86. The lowest BCUT2D eigenvalue weighted by atomic mass is 10.1. The lowest BCUT2D eigenvalue weighted by Crippen LogP contribution is -2.20. The molecule has 1 amide bonds. The SMILES string of the molecule is COc1ccc(-n2c(SCC(=O)c3ccc4c(c3)CC(=O)N4C)nc3ccccc32)cc1. The highest BCUT2D eigenvalue weighted by atomic mass is 32.2. The molecule has 0 saturated carbocycles. The molecule has 0 fully saturated rings. The number of fused-ring (bicyclic) bond motifs is 2. The lowest BCUT2D eigenvalue weighted by Gasteiger charge is -2.11. The van der Waals surface area contributed by atoms with Gasteiger partial charge in [0.2, 0.25) is 5.91 Å². The van der Waals surface area contributed by atoms with Crippen LogP contribution in [0.5, 0.6) is 5.75 Å². The van der Waals surface area contributed by atoms with Crippen molar-refractivity contribution < 1.29 is 14.3 Å². The molecule has 0 N–H and O–H groups in total. The number of ketones is 1. The van der Waals surface area contributed by atoms with Crippen molar-refractivity contribution in [1.29, 1.82) is 0 Å². The standard InChI is InChI=1S/C25H21N3O3S/c1-27-21-12-7-16(13-17(21)14-24(27)30)23(29)15-32-25-26-20-5-3-4-6-22(20)28(25)18-8-10-19(31-2)11-9-18/h3-13H,14-15H2,1-2H3. The maximum Gasteiger partial charge on any atom is 0.231 e. The molecule has 1 aliphatic rings. The predicted octanol–water partition coefficient (Wildman–Crippen LogP) is 4.53. The smallest absolute Gasteiger partial charge is 0.231 e. The van der Waals surface area contributed by atoms with E-state index in [1.165, 1.54) is 11.8 Å². The van der Waals surface area contributed by atoms with E-state index in [0.29, 0.717) is 12.0 Å². The first-order valence-corrected chi connectivity index (χ1v) is 11.2. The molecule has 0 spiro atoms. The summed E-state index contributed by atoms with van der Waals surface area (Å²) in [6.45, 7) is 0. The molecule has 0 bridgehead atoms. The van der Waals surface area contributed by atoms with Crippen LogP contribution < -0.4 is 9.64 Å². The minimum absolute atomic E-state index is 0.00754. The van der Waals surface area contributed by atoms with Gasteiger partial charge in [0.05, 0.1) is 30.3 Å². The molecule has 2 heterocycles. The summed E-state index contributed by atoms with van der Waals surface area (Å²) >= 11 is 1.41. The maximum atomic E-state index is 13.0. The average Bonchev–Trinajstić information content (AvgIpc) is 3.33. The molecule has 7 heteroatoms. The summed E-state index contributed by atoms with van der Waals surface area (Å²) < 4.78 is 7.34. The third-order valence-electron chi connectivity index (χ3n) is 5.67. The molecule has 6 nitrogen and oxygen atoms in total. The van der Waals surface area contributed by atoms with Gasteiger partial charge in [0, 0.05) is 24.0 Å². The molecule has 160 valence electrons. The Hall–Kier alpha value is -3.58. The van der Waals surface area contributed by atoms with Gasteiger partial charge in [-0.2, -0.15) is 0 Å². The quantitative estimate of drug-likeness (QED) is 0.324. The van der Waals surface area contributed by atoms with Gasteiger partial charge in [-0.25, -0.2) is 4.98 Å². The number of methoxy groups -OCH3 is 1. The van der Waals surface area contributed by atoms with Crippen LogP contribution >= 0.6 is 11.8 Å². The summed E-state index contributed by atoms with van der Waals surface area (Å²) in [7, 11) is 3.40. The number of thioether (sulfide) groups is 1. The van der Waals surface area contributed by atoms with Crippen LogP contribution in [-0.4, -0.2) is 41.2 Å². The van der Waals surface area contributed by atoms with Gasteiger partial charge >= 0.3 is 0 Å². The third kappa shape index (κ3) is 3.54. The first-order chi connectivity index (χ1) is 15.5. The summed E-state index contributed by atoms with van der Waals surface area (Å²) in [5, 5.41) is 0.751. The van der Waals surface area contributed by atoms with Crippen LogP contribution in [0.2, 0.25) is 0 Å². The highest BCUT2D eigenvalue weighted by molar-refractivity contribution is 7.99. The molecule has 0 unspecified atom stereocenters. The molecule has 32 heavy (non-hydrogen) atoms. The van der Waals surface area contributed by atoms with Crippen LogP contribution in [0.25, 0.3) is 16.7 Å². The van der Waals surface area contributed by atoms with E-state index in [0.717, 1.165) is 38.9 Å². The number of nitrogens with zero attached hydrogens (tertiary/aromatic N) is 3. The highest BCUT2D eigenvalue weighted by Gasteiger charge is 2.25. The number of benzene rings is 3. The van der Waals surface area contributed by atoms with E-state index in [-0.39, 0.29) is 17.4 Å². The number of rotatable bonds is 6. The van der Waals surface area contributed by atoms with E-state index in [2.05, 4.69) is 4.57 Å². The number of para-hydroxylation sites is 2. The predicted molar refractivity (Wildman–Crippen MR) is 126 cm³/mol. The molecular weight excluding hydrogens is 422 g/mol. The topological polar surface area (TPSA) is 64.4 Å². The summed E-state index contributed by atoms with van der Waals surface area (Å²) in [6.07, 6.45) is 0.341. The molecule has 4 aromatic rings. The molecule has 1 aliphatic heterocycles. The number of imidazole rings is 1. The van der Waals surface area contributed by atoms with Crippen molar-refractivity contribution in [3.05, 3.63) is 77.9 Å². The number of carbonyl (C=O) groups is 2. The fraction of sp³-hybridized carbons (Fsp3) is 0.160. The Balaban J connectivity index is 1.43. The molecule has 0 radical (unpaired) electrons. The minimum atomic E-state index is 0.00754. The lowest BCUT2D eigenvalue weighted by molar-refractivity contribution is -0.117. The number of Topliss-reactive ketones (excluding diaryl/α,β-unsaturated/α-hetero) is 1. The summed E-state index contributed by atoms with van der Waals surface area (Å²) in [4.78, 5) is 31.3. The first-order valence-electron chi connectivity index (χ1n) is 10.2. The van der Waals surface area contributed by atoms with Crippen molar-refractivity contribution in [2.45, 2.75) is 11.6 Å². The van der Waals surface area contributed by atoms with Crippen LogP contribution in [0.15, 0.2) is 71.9 Å². The number of amides is 1. The van der Waals surface area contributed by atoms with Gasteiger partial charge in [0.1, 0.15) is 5.75 Å². The molecule has 1 aromatic heterocycles. The molecular formula is C25H21N3O3S. The molecule has 3 aromatic carbocycles. The number of anilines is 1. The zero-order valence-corrected chi connectivity index (χ0v) is 18.6. The monoisotopic (exact) mass is 443 g/mol. The van der Waals surface area contributed by atoms with Crippen molar-refractivity contribution in [3.63, 3.8) is 0 Å². The number of likely N-dealkylation sites (N-methyl/N-ethyl adjacent to an activating group) is 1. The van der Waals surface area contributed by atoms with Crippen molar-refractivity contribution in [2.24, 2.45) is 0 Å². The van der Waals surface area contributed by atoms with E-state index in [4.69, 9.17) is 9.72 Å². The third-order valence-corrected chi connectivity index (χ3v) is 6.61. The summed E-state index contributed by atoms with van der Waals surface area (Å²) in [5.41, 5.74) is 5.20. The largest absolute Gasteiger partial charge is 0.497 e. The van der Waals surface area contributed by atoms with E-state index in [1.807, 2.05) is 60.7 Å². The summed E-state index contributed by atoms with van der Waals surface area (Å²) in [6, 6.07) is 21.2. The van der Waals surface area contributed by atoms with Crippen LogP contribution in [0.1, 0.15) is 15.9 Å². The van der Waals surface area contributed by atoms with Gasteiger partial charge in [-0.3, -0.25) is 14.2 Å². The van der Waals surface area contributed by atoms with Crippen LogP contribution in [0, 0.1) is 0 Å². The zero-order chi connectivity index (χ0) is 22.2. The van der Waals surface area contributed by atoms with Gasteiger partial charge < -0.3 is 9.64 Å². The van der Waals surface area contributed by atoms with Gasteiger partial charge in [-0.15, -0.1) is 0 Å². The van der Waals surface area contributed by atoms with Crippen LogP contribution in [0.4, 0.5) is 5.69 Å². The Morgan fingerprint density at radius 3 is 2.66 bits per heavy atom. The Bertz CT molecular complexity index is 1340. The Morgan fingerprint density at radius 2 is 1.88 bits per heavy atom. The first kappa shape index (κ1) is 20.3. The van der Waals surface area contributed by atoms with Crippen LogP contribution in [0.3, 0.4) is 0 Å². The molecule has 0 saturated heterocycles. The van der Waals surface area contributed by atoms with Crippen molar-refractivity contribution in [3.8, 4) is 11.4 Å². The van der Waals surface area contributed by atoms with E-state index in [9.17, 15) is 9.59 Å². The number of carbonyl (C=O) groups excluding carboxylic acids is 2. The average molecular weight is 444 g/mol. The minimum Gasteiger partial charge on any atom is -0.497 e. The number of hydrogen-bond acceptors (Lipinski definition) is 5. The highest BCUT2D eigenvalue weighted by Crippen LogP contribution is 2.31. The Labute approximate surface area is 189 Å². The fourth-order valence-electron chi connectivity index (χ4n) is 3.94.